The maximum absolute atomic E-state index is 12.2. The van der Waals surface area contributed by atoms with Crippen LogP contribution in [-0.2, 0) is 17.8 Å². The van der Waals surface area contributed by atoms with Gasteiger partial charge in [0.1, 0.15) is 12.3 Å². The smallest absolute Gasteiger partial charge is 0.323 e. The third kappa shape index (κ3) is 4.32. The minimum atomic E-state index is -1.06. The highest BCUT2D eigenvalue weighted by Gasteiger charge is 2.10. The van der Waals surface area contributed by atoms with Crippen LogP contribution in [0.5, 0.6) is 5.75 Å². The van der Waals surface area contributed by atoms with Gasteiger partial charge in [-0.05, 0) is 31.0 Å². The van der Waals surface area contributed by atoms with Gasteiger partial charge in [0.25, 0.3) is 5.56 Å². The van der Waals surface area contributed by atoms with Gasteiger partial charge in [0, 0.05) is 18.4 Å². The van der Waals surface area contributed by atoms with Crippen molar-refractivity contribution in [1.29, 1.82) is 0 Å². The third-order valence-electron chi connectivity index (χ3n) is 3.41. The standard InChI is InChI=1S/C16H19N3O4/c1-11-9-18-15(16(22)19(11)10-14(20)21)17-8-7-12-3-5-13(23-2)6-4-12/h3-6,9H,7-8,10H2,1-2H3,(H,17,18)(H,20,21). The van der Waals surface area contributed by atoms with Gasteiger partial charge in [-0.1, -0.05) is 12.1 Å². The number of hydrogen-bond donors (Lipinski definition) is 2. The molecule has 1 aromatic heterocycles. The zero-order chi connectivity index (χ0) is 16.8. The quantitative estimate of drug-likeness (QED) is 0.799. The molecule has 2 aromatic rings. The van der Waals surface area contributed by atoms with E-state index in [4.69, 9.17) is 9.84 Å². The van der Waals surface area contributed by atoms with E-state index in [-0.39, 0.29) is 12.4 Å². The third-order valence-corrected chi connectivity index (χ3v) is 3.41. The topological polar surface area (TPSA) is 93.4 Å². The van der Waals surface area contributed by atoms with E-state index in [0.717, 1.165) is 11.3 Å². The molecule has 7 nitrogen and oxygen atoms in total. The Bertz CT molecular complexity index is 738. The molecule has 0 fully saturated rings. The number of carboxylic acids is 1. The Morgan fingerprint density at radius 1 is 1.35 bits per heavy atom. The lowest BCUT2D eigenvalue weighted by Gasteiger charge is -2.10. The first-order chi connectivity index (χ1) is 11.0. The van der Waals surface area contributed by atoms with Gasteiger partial charge < -0.3 is 15.2 Å². The van der Waals surface area contributed by atoms with Crippen molar-refractivity contribution in [3.63, 3.8) is 0 Å². The van der Waals surface area contributed by atoms with E-state index in [1.165, 1.54) is 10.8 Å². The molecule has 122 valence electrons. The maximum Gasteiger partial charge on any atom is 0.323 e. The van der Waals surface area contributed by atoms with E-state index in [9.17, 15) is 9.59 Å². The fourth-order valence-electron chi connectivity index (χ4n) is 2.14. The molecule has 0 radical (unpaired) electrons. The van der Waals surface area contributed by atoms with Crippen LogP contribution in [0.1, 0.15) is 11.3 Å². The Morgan fingerprint density at radius 3 is 2.65 bits per heavy atom. The molecule has 0 amide bonds. The van der Waals surface area contributed by atoms with Gasteiger partial charge in [0.15, 0.2) is 5.82 Å². The first kappa shape index (κ1) is 16.5. The molecule has 0 aliphatic rings. The van der Waals surface area contributed by atoms with Crippen molar-refractivity contribution in [3.05, 3.63) is 52.1 Å². The number of hydrogen-bond acceptors (Lipinski definition) is 5. The summed E-state index contributed by atoms with van der Waals surface area (Å²) >= 11 is 0. The van der Waals surface area contributed by atoms with E-state index in [1.807, 2.05) is 24.3 Å². The highest BCUT2D eigenvalue weighted by atomic mass is 16.5. The molecule has 0 saturated heterocycles. The number of ether oxygens (including phenoxy) is 1. The van der Waals surface area contributed by atoms with Gasteiger partial charge >= 0.3 is 5.97 Å². The van der Waals surface area contributed by atoms with E-state index >= 15 is 0 Å². The van der Waals surface area contributed by atoms with Gasteiger partial charge in [0.2, 0.25) is 0 Å². The second-order valence-corrected chi connectivity index (χ2v) is 5.06. The summed E-state index contributed by atoms with van der Waals surface area (Å²) in [5.74, 6) is -0.116. The molecule has 0 bridgehead atoms. The Hall–Kier alpha value is -2.83. The van der Waals surface area contributed by atoms with Crippen LogP contribution in [-0.4, -0.2) is 34.3 Å². The van der Waals surface area contributed by atoms with Crippen LogP contribution in [0.4, 0.5) is 5.82 Å². The zero-order valence-electron chi connectivity index (χ0n) is 13.1. The van der Waals surface area contributed by atoms with Crippen molar-refractivity contribution in [3.8, 4) is 5.75 Å². The predicted molar refractivity (Wildman–Crippen MR) is 86.1 cm³/mol. The molecule has 0 aliphatic heterocycles. The largest absolute Gasteiger partial charge is 0.497 e. The van der Waals surface area contributed by atoms with Gasteiger partial charge in [0.05, 0.1) is 7.11 Å². The van der Waals surface area contributed by atoms with Crippen molar-refractivity contribution < 1.29 is 14.6 Å². The lowest BCUT2D eigenvalue weighted by molar-refractivity contribution is -0.137. The molecular formula is C16H19N3O4. The number of carbonyl (C=O) groups is 1. The molecule has 0 saturated carbocycles. The summed E-state index contributed by atoms with van der Waals surface area (Å²) in [7, 11) is 1.61. The van der Waals surface area contributed by atoms with Crippen molar-refractivity contribution in [1.82, 2.24) is 9.55 Å². The second-order valence-electron chi connectivity index (χ2n) is 5.06. The number of carboxylic acid groups (broad SMARTS) is 1. The molecule has 2 N–H and O–H groups in total. The summed E-state index contributed by atoms with van der Waals surface area (Å²) in [6, 6.07) is 7.65. The SMILES string of the molecule is COc1ccc(CCNc2ncc(C)n(CC(=O)O)c2=O)cc1. The highest BCUT2D eigenvalue weighted by molar-refractivity contribution is 5.66. The fraction of sp³-hybridized carbons (Fsp3) is 0.312. The normalized spacial score (nSPS) is 10.3. The molecule has 2 rings (SSSR count). The summed E-state index contributed by atoms with van der Waals surface area (Å²) < 4.78 is 6.28. The van der Waals surface area contributed by atoms with E-state index < -0.39 is 11.5 Å². The summed E-state index contributed by atoms with van der Waals surface area (Å²) in [6.45, 7) is 1.80. The molecule has 0 aliphatic carbocycles. The molecule has 0 atom stereocenters. The molecule has 0 unspecified atom stereocenters. The van der Waals surface area contributed by atoms with Crippen molar-refractivity contribution >= 4 is 11.8 Å². The molecule has 1 heterocycles. The van der Waals surface area contributed by atoms with E-state index in [0.29, 0.717) is 18.7 Å². The first-order valence-corrected chi connectivity index (χ1v) is 7.16. The monoisotopic (exact) mass is 317 g/mol. The lowest BCUT2D eigenvalue weighted by Crippen LogP contribution is -2.29. The van der Waals surface area contributed by atoms with Crippen LogP contribution in [0, 0.1) is 6.92 Å². The van der Waals surface area contributed by atoms with Gasteiger partial charge in [-0.3, -0.25) is 14.2 Å². The van der Waals surface area contributed by atoms with Crippen LogP contribution in [0.25, 0.3) is 0 Å². The number of aryl methyl sites for hydroxylation is 1. The fourth-order valence-corrected chi connectivity index (χ4v) is 2.14. The maximum atomic E-state index is 12.2. The molecule has 7 heteroatoms. The van der Waals surface area contributed by atoms with Crippen LogP contribution < -0.4 is 15.6 Å². The summed E-state index contributed by atoms with van der Waals surface area (Å²) in [5, 5.41) is 11.8. The number of rotatable bonds is 7. The number of aliphatic carboxylic acids is 1. The average molecular weight is 317 g/mol. The average Bonchev–Trinajstić information content (AvgIpc) is 2.54. The lowest BCUT2D eigenvalue weighted by atomic mass is 10.1. The molecule has 1 aromatic carbocycles. The van der Waals surface area contributed by atoms with Gasteiger partial charge in [-0.15, -0.1) is 0 Å². The summed E-state index contributed by atoms with van der Waals surface area (Å²) in [5.41, 5.74) is 1.18. The highest BCUT2D eigenvalue weighted by Crippen LogP contribution is 2.11. The van der Waals surface area contributed by atoms with Crippen LogP contribution in [0.3, 0.4) is 0 Å². The number of nitrogens with one attached hydrogen (secondary N) is 1. The molecule has 0 spiro atoms. The summed E-state index contributed by atoms with van der Waals surface area (Å²) in [6.07, 6.45) is 2.19. The predicted octanol–water partition coefficient (Wildman–Crippen LogP) is 1.30. The Balaban J connectivity index is 2.02. The van der Waals surface area contributed by atoms with Crippen LogP contribution >= 0.6 is 0 Å². The minimum absolute atomic E-state index is 0.158. The van der Waals surface area contributed by atoms with Crippen LogP contribution in [0.2, 0.25) is 0 Å². The van der Waals surface area contributed by atoms with Crippen molar-refractivity contribution in [2.24, 2.45) is 0 Å². The number of benzene rings is 1. The Labute approximate surface area is 133 Å². The molecular weight excluding hydrogens is 298 g/mol. The zero-order valence-corrected chi connectivity index (χ0v) is 13.1. The summed E-state index contributed by atoms with van der Waals surface area (Å²) in [4.78, 5) is 27.1. The second kappa shape index (κ2) is 7.44. The number of aromatic nitrogens is 2. The van der Waals surface area contributed by atoms with Crippen LogP contribution in [0.15, 0.2) is 35.3 Å². The van der Waals surface area contributed by atoms with E-state index in [2.05, 4.69) is 10.3 Å². The van der Waals surface area contributed by atoms with Gasteiger partial charge in [-0.2, -0.15) is 0 Å². The minimum Gasteiger partial charge on any atom is -0.497 e. The Morgan fingerprint density at radius 2 is 2.04 bits per heavy atom. The van der Waals surface area contributed by atoms with Crippen molar-refractivity contribution in [2.75, 3.05) is 19.0 Å². The first-order valence-electron chi connectivity index (χ1n) is 7.16. The van der Waals surface area contributed by atoms with Crippen molar-refractivity contribution in [2.45, 2.75) is 19.9 Å². The van der Waals surface area contributed by atoms with Gasteiger partial charge in [-0.25, -0.2) is 4.98 Å². The van der Waals surface area contributed by atoms with E-state index in [1.54, 1.807) is 14.0 Å². The Kier molecular flexibility index (Phi) is 5.35. The number of nitrogens with zero attached hydrogens (tertiary/aromatic N) is 2. The molecule has 23 heavy (non-hydrogen) atoms. The number of methoxy groups -OCH3 is 1. The number of anilines is 1.